The minimum absolute atomic E-state index is 0.0807. The van der Waals surface area contributed by atoms with Gasteiger partial charge in [0.15, 0.2) is 0 Å². The van der Waals surface area contributed by atoms with Crippen LogP contribution in [0.5, 0.6) is 0 Å². The van der Waals surface area contributed by atoms with Gasteiger partial charge in [0, 0.05) is 17.8 Å². The van der Waals surface area contributed by atoms with E-state index in [9.17, 15) is 29.2 Å². The molecule has 40 heavy (non-hydrogen) atoms. The maximum Gasteiger partial charge on any atom is 0.269 e. The first kappa shape index (κ1) is 29.4. The molecule has 0 spiro atoms. The van der Waals surface area contributed by atoms with Gasteiger partial charge in [-0.05, 0) is 42.8 Å². The molecule has 0 aromatic heterocycles. The highest BCUT2D eigenvalue weighted by molar-refractivity contribution is 6.24. The second-order valence-electron chi connectivity index (χ2n) is 10.5. The van der Waals surface area contributed by atoms with Crippen LogP contribution in [-0.2, 0) is 9.59 Å². The van der Waals surface area contributed by atoms with Crippen LogP contribution in [0.4, 0.5) is 21.5 Å². The quantitative estimate of drug-likeness (QED) is 0.101. The van der Waals surface area contributed by atoms with Crippen molar-refractivity contribution >= 4 is 28.9 Å². The maximum atomic E-state index is 13.7. The third-order valence-corrected chi connectivity index (χ3v) is 7.62. The monoisotopic (exact) mass is 552 g/mol. The number of amides is 2. The van der Waals surface area contributed by atoms with Crippen molar-refractivity contribution in [2.45, 2.75) is 82.9 Å². The number of halogens is 1. The molecule has 0 radical (unpaired) electrons. The lowest BCUT2D eigenvalue weighted by Gasteiger charge is -2.40. The molecular weight excluding hydrogens is 515 g/mol. The summed E-state index contributed by atoms with van der Waals surface area (Å²) >= 11 is 0. The Kier molecular flexibility index (Phi) is 10.0. The minimum Gasteiger partial charge on any atom is -0.391 e. The summed E-state index contributed by atoms with van der Waals surface area (Å²) < 4.78 is 13.5. The molecule has 9 nitrogen and oxygen atoms in total. The second kappa shape index (κ2) is 13.6. The molecule has 0 aliphatic carbocycles. The Morgan fingerprint density at radius 2 is 1.55 bits per heavy atom. The van der Waals surface area contributed by atoms with Crippen LogP contribution in [0.2, 0.25) is 0 Å². The molecule has 2 aromatic carbocycles. The molecule has 10 heteroatoms. The summed E-state index contributed by atoms with van der Waals surface area (Å²) in [5, 5.41) is 23.9. The molecule has 4 rings (SSSR count). The normalized spacial score (nSPS) is 21.5. The Labute approximate surface area is 233 Å². The fourth-order valence-corrected chi connectivity index (χ4v) is 5.44. The van der Waals surface area contributed by atoms with Crippen LogP contribution in [-0.4, -0.2) is 45.0 Å². The van der Waals surface area contributed by atoms with Crippen molar-refractivity contribution in [1.82, 2.24) is 5.01 Å². The number of nitrogens with one attached hydrogen (secondary N) is 1. The summed E-state index contributed by atoms with van der Waals surface area (Å²) in [6, 6.07) is 9.30. The maximum absolute atomic E-state index is 13.7. The van der Waals surface area contributed by atoms with Gasteiger partial charge in [0.25, 0.3) is 11.6 Å². The SMILES string of the molecule is CCCCCCCCCC[C@H](O)C1C=CC2C(=O)N(c3ccc(F)cc3)C(=O)[C@H]2N1Nc1ccc([N+](=O)[O-])cc1. The highest BCUT2D eigenvalue weighted by Crippen LogP contribution is 2.36. The van der Waals surface area contributed by atoms with E-state index in [1.165, 1.54) is 80.6 Å². The lowest BCUT2D eigenvalue weighted by atomic mass is 9.91. The van der Waals surface area contributed by atoms with Gasteiger partial charge in [0.1, 0.15) is 11.9 Å². The largest absolute Gasteiger partial charge is 0.391 e. The molecule has 2 heterocycles. The molecule has 1 fully saturated rings. The van der Waals surface area contributed by atoms with E-state index in [1.54, 1.807) is 17.2 Å². The number of imide groups is 1. The molecule has 0 saturated carbocycles. The molecule has 1 saturated heterocycles. The molecule has 2 unspecified atom stereocenters. The molecule has 214 valence electrons. The van der Waals surface area contributed by atoms with Gasteiger partial charge >= 0.3 is 0 Å². The molecule has 4 atom stereocenters. The third-order valence-electron chi connectivity index (χ3n) is 7.62. The van der Waals surface area contributed by atoms with Crippen molar-refractivity contribution in [3.63, 3.8) is 0 Å². The predicted molar refractivity (Wildman–Crippen MR) is 151 cm³/mol. The number of nitro groups is 1. The zero-order valence-corrected chi connectivity index (χ0v) is 22.7. The number of carbonyl (C=O) groups excluding carboxylic acids is 2. The topological polar surface area (TPSA) is 116 Å². The zero-order valence-electron chi connectivity index (χ0n) is 22.7. The van der Waals surface area contributed by atoms with E-state index in [2.05, 4.69) is 12.3 Å². The minimum atomic E-state index is -0.962. The molecule has 2 amide bonds. The van der Waals surface area contributed by atoms with E-state index in [0.717, 1.165) is 24.2 Å². The van der Waals surface area contributed by atoms with Crippen molar-refractivity contribution in [2.75, 3.05) is 10.3 Å². The summed E-state index contributed by atoms with van der Waals surface area (Å²) in [4.78, 5) is 38.7. The zero-order chi connectivity index (χ0) is 28.6. The van der Waals surface area contributed by atoms with Gasteiger partial charge < -0.3 is 10.5 Å². The number of anilines is 2. The van der Waals surface area contributed by atoms with Gasteiger partial charge in [0.05, 0.1) is 28.7 Å². The van der Waals surface area contributed by atoms with E-state index >= 15 is 0 Å². The Hall–Kier alpha value is -3.63. The number of nitrogens with zero attached hydrogens (tertiary/aromatic N) is 3. The summed E-state index contributed by atoms with van der Waals surface area (Å²) in [6.45, 7) is 2.19. The van der Waals surface area contributed by atoms with E-state index in [-0.39, 0.29) is 11.4 Å². The smallest absolute Gasteiger partial charge is 0.269 e. The summed E-state index contributed by atoms with van der Waals surface area (Å²) in [5.74, 6) is -2.23. The first-order chi connectivity index (χ1) is 19.3. The van der Waals surface area contributed by atoms with E-state index < -0.39 is 46.7 Å². The molecular formula is C30H37FN4O5. The number of carbonyl (C=O) groups is 2. The summed E-state index contributed by atoms with van der Waals surface area (Å²) in [5.41, 5.74) is 3.82. The molecule has 2 aliphatic rings. The highest BCUT2D eigenvalue weighted by atomic mass is 19.1. The average molecular weight is 553 g/mol. The Bertz CT molecular complexity index is 1200. The van der Waals surface area contributed by atoms with Gasteiger partial charge in [-0.15, -0.1) is 0 Å². The van der Waals surface area contributed by atoms with Gasteiger partial charge in [-0.3, -0.25) is 19.7 Å². The number of hydrogen-bond acceptors (Lipinski definition) is 7. The van der Waals surface area contributed by atoms with Gasteiger partial charge in [0.2, 0.25) is 5.91 Å². The number of aliphatic hydroxyl groups is 1. The van der Waals surface area contributed by atoms with Crippen LogP contribution in [0.25, 0.3) is 0 Å². The number of aliphatic hydroxyl groups excluding tert-OH is 1. The number of benzene rings is 2. The number of nitro benzene ring substituents is 1. The third kappa shape index (κ3) is 6.74. The van der Waals surface area contributed by atoms with Crippen molar-refractivity contribution in [1.29, 1.82) is 0 Å². The summed E-state index contributed by atoms with van der Waals surface area (Å²) in [7, 11) is 0. The van der Waals surface area contributed by atoms with Crippen LogP contribution in [0.15, 0.2) is 60.7 Å². The van der Waals surface area contributed by atoms with Gasteiger partial charge in [-0.25, -0.2) is 14.3 Å². The first-order valence-corrected chi connectivity index (χ1v) is 14.1. The fourth-order valence-electron chi connectivity index (χ4n) is 5.44. The van der Waals surface area contributed by atoms with Gasteiger partial charge in [-0.2, -0.15) is 0 Å². The lowest BCUT2D eigenvalue weighted by Crippen LogP contribution is -2.57. The highest BCUT2D eigenvalue weighted by Gasteiger charge is 2.54. The van der Waals surface area contributed by atoms with E-state index in [1.807, 2.05) is 0 Å². The van der Waals surface area contributed by atoms with Crippen LogP contribution < -0.4 is 10.3 Å². The Balaban J connectivity index is 1.51. The molecule has 2 N–H and O–H groups in total. The van der Waals surface area contributed by atoms with Crippen LogP contribution in [0.1, 0.15) is 64.7 Å². The molecule has 2 aliphatic heterocycles. The Morgan fingerprint density at radius 1 is 0.925 bits per heavy atom. The second-order valence-corrected chi connectivity index (χ2v) is 10.5. The number of rotatable bonds is 14. The number of fused-ring (bicyclic) bond motifs is 1. The van der Waals surface area contributed by atoms with Gasteiger partial charge in [-0.1, -0.05) is 70.4 Å². The van der Waals surface area contributed by atoms with Crippen LogP contribution in [0, 0.1) is 21.8 Å². The van der Waals surface area contributed by atoms with Crippen LogP contribution in [0.3, 0.4) is 0 Å². The molecule has 2 aromatic rings. The van der Waals surface area contributed by atoms with Crippen molar-refractivity contribution in [3.8, 4) is 0 Å². The van der Waals surface area contributed by atoms with Crippen LogP contribution >= 0.6 is 0 Å². The Morgan fingerprint density at radius 3 is 2.17 bits per heavy atom. The van der Waals surface area contributed by atoms with Crippen molar-refractivity contribution in [3.05, 3.63) is 76.6 Å². The summed E-state index contributed by atoms with van der Waals surface area (Å²) in [6.07, 6.45) is 12.2. The van der Waals surface area contributed by atoms with Crippen molar-refractivity contribution < 1.29 is 24.0 Å². The number of non-ortho nitro benzene ring substituents is 1. The lowest BCUT2D eigenvalue weighted by molar-refractivity contribution is -0.384. The number of hydrazine groups is 1. The number of hydrogen-bond donors (Lipinski definition) is 2. The first-order valence-electron chi connectivity index (χ1n) is 14.1. The average Bonchev–Trinajstić information content (AvgIpc) is 3.20. The predicted octanol–water partition coefficient (Wildman–Crippen LogP) is 5.75. The standard InChI is InChI=1S/C30H37FN4O5/c1-2-3-4-5-6-7-8-9-10-27(36)26-20-19-25-28(34(26)32-22-13-17-24(18-14-22)35(39)40)30(38)33(29(25)37)23-15-11-21(31)12-16-23/h11-20,25-28,32,36H,2-10H2,1H3/t25?,26?,27-,28-/m0/s1. The van der Waals surface area contributed by atoms with Crippen molar-refractivity contribution in [2.24, 2.45) is 5.92 Å². The number of unbranched alkanes of at least 4 members (excludes halogenated alkanes) is 7. The van der Waals surface area contributed by atoms with E-state index in [0.29, 0.717) is 12.1 Å². The van der Waals surface area contributed by atoms with E-state index in [4.69, 9.17) is 0 Å². The molecule has 0 bridgehead atoms. The fraction of sp³-hybridized carbons (Fsp3) is 0.467.